The van der Waals surface area contributed by atoms with Gasteiger partial charge < -0.3 is 5.32 Å². The van der Waals surface area contributed by atoms with E-state index in [2.05, 4.69) is 16.2 Å². The van der Waals surface area contributed by atoms with Crippen molar-refractivity contribution in [3.05, 3.63) is 64.4 Å². The summed E-state index contributed by atoms with van der Waals surface area (Å²) in [5.74, 6) is -0.852. The van der Waals surface area contributed by atoms with E-state index in [1.54, 1.807) is 12.1 Å². The number of hydrogen-bond donors (Lipinski definition) is 3. The molecule has 0 radical (unpaired) electrons. The average molecular weight is 388 g/mol. The molecular weight excluding hydrogens is 374 g/mol. The van der Waals surface area contributed by atoms with Crippen LogP contribution < -0.4 is 16.2 Å². The lowest BCUT2D eigenvalue weighted by Crippen LogP contribution is -2.39. The number of benzene rings is 2. The van der Waals surface area contributed by atoms with E-state index in [0.717, 1.165) is 17.7 Å². The van der Waals surface area contributed by atoms with Gasteiger partial charge in [-0.1, -0.05) is 23.7 Å². The van der Waals surface area contributed by atoms with Gasteiger partial charge >= 0.3 is 6.18 Å². The van der Waals surface area contributed by atoms with Crippen LogP contribution in [0.5, 0.6) is 0 Å². The summed E-state index contributed by atoms with van der Waals surface area (Å²) in [5, 5.41) is 2.01. The SMILES string of the molecule is O=C(Nc1ccc(Cl)c(C(F)(F)F)c1)C1CC(c2ccc(F)cc2)NN1. The molecule has 26 heavy (non-hydrogen) atoms. The second kappa shape index (κ2) is 7.22. The fraction of sp³-hybridized carbons (Fsp3) is 0.235. The molecule has 0 saturated carbocycles. The lowest BCUT2D eigenvalue weighted by atomic mass is 10.0. The third-order valence-corrected chi connectivity index (χ3v) is 4.36. The number of nitrogens with one attached hydrogen (secondary N) is 3. The lowest BCUT2D eigenvalue weighted by Gasteiger charge is -2.14. The van der Waals surface area contributed by atoms with Crippen molar-refractivity contribution in [2.45, 2.75) is 24.7 Å². The zero-order valence-electron chi connectivity index (χ0n) is 13.2. The second-order valence-corrected chi connectivity index (χ2v) is 6.27. The highest BCUT2D eigenvalue weighted by Crippen LogP contribution is 2.36. The van der Waals surface area contributed by atoms with E-state index < -0.39 is 28.7 Å². The van der Waals surface area contributed by atoms with E-state index in [1.807, 2.05) is 0 Å². The number of halogens is 5. The molecule has 3 N–H and O–H groups in total. The molecular formula is C17H14ClF4N3O. The van der Waals surface area contributed by atoms with Crippen molar-refractivity contribution < 1.29 is 22.4 Å². The molecule has 3 rings (SSSR count). The van der Waals surface area contributed by atoms with E-state index in [9.17, 15) is 22.4 Å². The standard InChI is InChI=1S/C17H14ClF4N3O/c18-13-6-5-11(7-12(13)17(20,21)22)23-16(26)15-8-14(24-25-15)9-1-3-10(19)4-2-9/h1-7,14-15,24-25H,8H2,(H,23,26). The molecule has 0 aromatic heterocycles. The molecule has 1 aliphatic heterocycles. The summed E-state index contributed by atoms with van der Waals surface area (Å²) in [5.41, 5.74) is 5.49. The van der Waals surface area contributed by atoms with Crippen molar-refractivity contribution in [2.24, 2.45) is 0 Å². The van der Waals surface area contributed by atoms with Gasteiger partial charge in [0.25, 0.3) is 0 Å². The largest absolute Gasteiger partial charge is 0.417 e. The van der Waals surface area contributed by atoms with E-state index in [4.69, 9.17) is 11.6 Å². The molecule has 1 aliphatic rings. The molecule has 2 atom stereocenters. The summed E-state index contributed by atoms with van der Waals surface area (Å²) < 4.78 is 51.6. The summed E-state index contributed by atoms with van der Waals surface area (Å²) in [6.45, 7) is 0. The first kappa shape index (κ1) is 18.6. The Morgan fingerprint density at radius 3 is 2.46 bits per heavy atom. The summed E-state index contributed by atoms with van der Waals surface area (Å²) in [7, 11) is 0. The number of alkyl halides is 3. The highest BCUT2D eigenvalue weighted by Gasteiger charge is 2.34. The van der Waals surface area contributed by atoms with Gasteiger partial charge in [-0.15, -0.1) is 0 Å². The van der Waals surface area contributed by atoms with Gasteiger partial charge in [0.1, 0.15) is 11.9 Å². The van der Waals surface area contributed by atoms with Crippen molar-refractivity contribution >= 4 is 23.2 Å². The quantitative estimate of drug-likeness (QED) is 0.697. The van der Waals surface area contributed by atoms with Gasteiger partial charge in [-0.3, -0.25) is 4.79 Å². The Kier molecular flexibility index (Phi) is 5.17. The molecule has 2 aromatic carbocycles. The van der Waals surface area contributed by atoms with E-state index >= 15 is 0 Å². The fourth-order valence-electron chi connectivity index (χ4n) is 2.69. The summed E-state index contributed by atoms with van der Waals surface area (Å²) in [6, 6.07) is 8.13. The molecule has 138 valence electrons. The Morgan fingerprint density at radius 1 is 1.12 bits per heavy atom. The first-order chi connectivity index (χ1) is 12.2. The number of anilines is 1. The number of carbonyl (C=O) groups is 1. The minimum Gasteiger partial charge on any atom is -0.325 e. The maximum atomic E-state index is 13.0. The van der Waals surface area contributed by atoms with Crippen molar-refractivity contribution in [3.63, 3.8) is 0 Å². The molecule has 1 fully saturated rings. The van der Waals surface area contributed by atoms with Gasteiger partial charge in [0.2, 0.25) is 5.91 Å². The molecule has 4 nitrogen and oxygen atoms in total. The van der Waals surface area contributed by atoms with Gasteiger partial charge in [-0.25, -0.2) is 15.2 Å². The molecule has 2 aromatic rings. The van der Waals surface area contributed by atoms with Crippen molar-refractivity contribution in [2.75, 3.05) is 5.32 Å². The van der Waals surface area contributed by atoms with E-state index in [1.165, 1.54) is 18.2 Å². The number of rotatable bonds is 3. The minimum atomic E-state index is -4.61. The lowest BCUT2D eigenvalue weighted by molar-refractivity contribution is -0.137. The molecule has 0 bridgehead atoms. The van der Waals surface area contributed by atoms with Crippen LogP contribution in [-0.2, 0) is 11.0 Å². The Labute approximate surface area is 151 Å². The molecule has 2 unspecified atom stereocenters. The summed E-state index contributed by atoms with van der Waals surface area (Å²) in [6.07, 6.45) is -4.25. The molecule has 0 spiro atoms. The topological polar surface area (TPSA) is 53.2 Å². The van der Waals surface area contributed by atoms with Gasteiger partial charge in [0.05, 0.1) is 10.6 Å². The van der Waals surface area contributed by atoms with Gasteiger partial charge in [0, 0.05) is 11.7 Å². The van der Waals surface area contributed by atoms with E-state index in [-0.39, 0.29) is 17.5 Å². The first-order valence-electron chi connectivity index (χ1n) is 7.68. The predicted molar refractivity (Wildman–Crippen MR) is 88.9 cm³/mol. The van der Waals surface area contributed by atoms with Crippen molar-refractivity contribution in [1.82, 2.24) is 10.9 Å². The number of hydrazine groups is 1. The van der Waals surface area contributed by atoms with Crippen LogP contribution in [0.2, 0.25) is 5.02 Å². The Bertz CT molecular complexity index is 811. The van der Waals surface area contributed by atoms with Gasteiger partial charge in [-0.05, 0) is 42.3 Å². The van der Waals surface area contributed by atoms with Crippen LogP contribution in [0.3, 0.4) is 0 Å². The number of amides is 1. The number of carbonyl (C=O) groups excluding carboxylic acids is 1. The van der Waals surface area contributed by atoms with Crippen molar-refractivity contribution in [1.29, 1.82) is 0 Å². The highest BCUT2D eigenvalue weighted by molar-refractivity contribution is 6.31. The third kappa shape index (κ3) is 4.14. The van der Waals surface area contributed by atoms with E-state index in [0.29, 0.717) is 6.42 Å². The van der Waals surface area contributed by atoms with Crippen molar-refractivity contribution in [3.8, 4) is 0 Å². The van der Waals surface area contributed by atoms with Crippen LogP contribution in [0.25, 0.3) is 0 Å². The minimum absolute atomic E-state index is 0.00115. The fourth-order valence-corrected chi connectivity index (χ4v) is 2.92. The molecule has 1 heterocycles. The average Bonchev–Trinajstić information content (AvgIpc) is 3.06. The molecule has 1 amide bonds. The predicted octanol–water partition coefficient (Wildman–Crippen LogP) is 4.04. The van der Waals surface area contributed by atoms with Gasteiger partial charge in [0.15, 0.2) is 0 Å². The summed E-state index contributed by atoms with van der Waals surface area (Å²) >= 11 is 5.56. The van der Waals surface area contributed by atoms with Crippen LogP contribution in [-0.4, -0.2) is 11.9 Å². The smallest absolute Gasteiger partial charge is 0.325 e. The number of hydrogen-bond acceptors (Lipinski definition) is 3. The molecule has 0 aliphatic carbocycles. The second-order valence-electron chi connectivity index (χ2n) is 5.86. The highest BCUT2D eigenvalue weighted by atomic mass is 35.5. The third-order valence-electron chi connectivity index (χ3n) is 4.03. The zero-order chi connectivity index (χ0) is 18.9. The van der Waals surface area contributed by atoms with Crippen LogP contribution in [0.1, 0.15) is 23.6 Å². The normalized spacial score (nSPS) is 20.2. The Balaban J connectivity index is 1.67. The van der Waals surface area contributed by atoms with Crippen LogP contribution >= 0.6 is 11.6 Å². The van der Waals surface area contributed by atoms with Crippen LogP contribution in [0.15, 0.2) is 42.5 Å². The zero-order valence-corrected chi connectivity index (χ0v) is 14.0. The summed E-state index contributed by atoms with van der Waals surface area (Å²) in [4.78, 5) is 12.3. The maximum absolute atomic E-state index is 13.0. The van der Waals surface area contributed by atoms with Gasteiger partial charge in [-0.2, -0.15) is 13.2 Å². The first-order valence-corrected chi connectivity index (χ1v) is 8.06. The maximum Gasteiger partial charge on any atom is 0.417 e. The monoisotopic (exact) mass is 387 g/mol. The Hall–Kier alpha value is -2.16. The van der Waals surface area contributed by atoms with Crippen LogP contribution in [0, 0.1) is 5.82 Å². The van der Waals surface area contributed by atoms with Crippen LogP contribution in [0.4, 0.5) is 23.2 Å². The Morgan fingerprint density at radius 2 is 1.81 bits per heavy atom. The molecule has 9 heteroatoms. The molecule has 1 saturated heterocycles.